The predicted molar refractivity (Wildman–Crippen MR) is 157 cm³/mol. The molecule has 4 heterocycles. The fourth-order valence-electron chi connectivity index (χ4n) is 6.07. The summed E-state index contributed by atoms with van der Waals surface area (Å²) in [6.45, 7) is 11.5. The predicted octanol–water partition coefficient (Wildman–Crippen LogP) is 3.85. The van der Waals surface area contributed by atoms with Gasteiger partial charge < -0.3 is 23.7 Å². The fourth-order valence-corrected chi connectivity index (χ4v) is 6.07. The molecule has 3 aliphatic heterocycles. The Hall–Kier alpha value is -3.89. The maximum Gasteiger partial charge on any atom is 0.338 e. The smallest absolute Gasteiger partial charge is 0.338 e. The van der Waals surface area contributed by atoms with E-state index in [4.69, 9.17) is 14.2 Å². The van der Waals surface area contributed by atoms with Crippen LogP contribution in [0, 0.1) is 0 Å². The average Bonchev–Trinajstić information content (AvgIpc) is 3.27. The van der Waals surface area contributed by atoms with Gasteiger partial charge in [-0.15, -0.1) is 0 Å². The molecule has 3 aliphatic rings. The number of likely N-dealkylation sites (N-methyl/N-ethyl adjacent to an activating group) is 1. The first-order valence-electron chi connectivity index (χ1n) is 14.6. The third-order valence-corrected chi connectivity index (χ3v) is 8.17. The number of imide groups is 1. The minimum Gasteiger partial charge on any atom is -0.492 e. The van der Waals surface area contributed by atoms with Gasteiger partial charge in [-0.25, -0.2) is 9.59 Å². The number of benzene rings is 2. The van der Waals surface area contributed by atoms with Crippen LogP contribution in [0.1, 0.15) is 53.9 Å². The summed E-state index contributed by atoms with van der Waals surface area (Å²) in [4.78, 5) is 44.1. The molecular weight excluding hydrogens is 536 g/mol. The van der Waals surface area contributed by atoms with Crippen LogP contribution >= 0.6 is 0 Å². The first-order valence-corrected chi connectivity index (χ1v) is 14.6. The maximum absolute atomic E-state index is 13.3. The van der Waals surface area contributed by atoms with Crippen molar-refractivity contribution in [3.63, 3.8) is 0 Å². The average molecular weight is 575 g/mol. The first-order chi connectivity index (χ1) is 20.1. The molecule has 2 fully saturated rings. The largest absolute Gasteiger partial charge is 0.492 e. The highest BCUT2D eigenvalue weighted by molar-refractivity contribution is 6.04. The van der Waals surface area contributed by atoms with Gasteiger partial charge in [0.2, 0.25) is 5.91 Å². The van der Waals surface area contributed by atoms with Crippen molar-refractivity contribution in [3.8, 4) is 5.75 Å². The number of carbonyl (C=O) groups excluding carboxylic acids is 3. The molecule has 3 amide bonds. The number of hydrogen-bond acceptors (Lipinski definition) is 7. The van der Waals surface area contributed by atoms with Crippen LogP contribution in [-0.4, -0.2) is 95.8 Å². The minimum absolute atomic E-state index is 0.184. The summed E-state index contributed by atoms with van der Waals surface area (Å²) in [7, 11) is 1.56. The Kier molecular flexibility index (Phi) is 7.44. The van der Waals surface area contributed by atoms with E-state index in [1.54, 1.807) is 24.1 Å². The van der Waals surface area contributed by atoms with Gasteiger partial charge in [0.25, 0.3) is 0 Å². The van der Waals surface area contributed by atoms with Crippen molar-refractivity contribution in [1.82, 2.24) is 19.3 Å². The van der Waals surface area contributed by atoms with Crippen LogP contribution in [-0.2, 0) is 27.4 Å². The van der Waals surface area contributed by atoms with E-state index >= 15 is 0 Å². The van der Waals surface area contributed by atoms with Crippen molar-refractivity contribution < 1.29 is 28.6 Å². The molecule has 6 rings (SSSR count). The Bertz CT molecular complexity index is 1520. The number of esters is 1. The molecule has 0 N–H and O–H groups in total. The second kappa shape index (κ2) is 11.1. The van der Waals surface area contributed by atoms with Gasteiger partial charge in [-0.1, -0.05) is 12.1 Å². The van der Waals surface area contributed by atoms with Crippen LogP contribution in [0.15, 0.2) is 42.5 Å². The number of ether oxygens (including phenoxy) is 3. The van der Waals surface area contributed by atoms with Crippen molar-refractivity contribution in [2.24, 2.45) is 0 Å². The lowest BCUT2D eigenvalue weighted by Gasteiger charge is -2.41. The van der Waals surface area contributed by atoms with Crippen molar-refractivity contribution in [2.75, 3.05) is 53.0 Å². The van der Waals surface area contributed by atoms with E-state index in [-0.39, 0.29) is 17.9 Å². The summed E-state index contributed by atoms with van der Waals surface area (Å²) in [5.74, 6) is -0.219. The lowest BCUT2D eigenvalue weighted by atomic mass is 9.89. The van der Waals surface area contributed by atoms with Crippen LogP contribution in [0.4, 0.5) is 4.79 Å². The zero-order chi connectivity index (χ0) is 29.6. The topological polar surface area (TPSA) is 93.6 Å². The number of morpholine rings is 1. The second-order valence-electron chi connectivity index (χ2n) is 12.2. The van der Waals surface area contributed by atoms with Crippen LogP contribution in [0.3, 0.4) is 0 Å². The molecule has 42 heavy (non-hydrogen) atoms. The van der Waals surface area contributed by atoms with E-state index in [2.05, 4.69) is 9.47 Å². The van der Waals surface area contributed by atoms with Gasteiger partial charge in [-0.3, -0.25) is 14.6 Å². The number of hydrogen-bond donors (Lipinski definition) is 0. The standard InChI is InChI=1S/C32H38N4O6/c1-32(2,3)42-30(38)22-7-5-21(6-8-22)18-36-26-10-9-23(41-16-13-34-11-14-40-15-12-34)17-24(26)28-25-19-35(20-27(28)36)31(39)33(4)29(25)37/h5-10,17,25H,11-16,18-20H2,1-4H3/t25-/m1/s1. The normalized spacial score (nSPS) is 19.3. The summed E-state index contributed by atoms with van der Waals surface area (Å²) in [5.41, 5.74) is 3.82. The number of aromatic nitrogens is 1. The Morgan fingerprint density at radius 2 is 1.79 bits per heavy atom. The maximum atomic E-state index is 13.3. The highest BCUT2D eigenvalue weighted by Gasteiger charge is 2.44. The van der Waals surface area contributed by atoms with Crippen molar-refractivity contribution in [2.45, 2.75) is 45.4 Å². The number of amides is 3. The molecule has 0 radical (unpaired) electrons. The molecule has 2 saturated heterocycles. The number of fused-ring (bicyclic) bond motifs is 6. The lowest BCUT2D eigenvalue weighted by Crippen LogP contribution is -2.56. The van der Waals surface area contributed by atoms with Gasteiger partial charge in [-0.05, 0) is 62.2 Å². The number of rotatable bonds is 7. The molecular formula is C32H38N4O6. The Morgan fingerprint density at radius 1 is 1.05 bits per heavy atom. The monoisotopic (exact) mass is 574 g/mol. The van der Waals surface area contributed by atoms with E-state index in [1.165, 1.54) is 4.90 Å². The molecule has 10 heteroatoms. The van der Waals surface area contributed by atoms with E-state index in [0.717, 1.165) is 66.3 Å². The Labute approximate surface area is 245 Å². The molecule has 3 aromatic rings. The zero-order valence-electron chi connectivity index (χ0n) is 24.7. The van der Waals surface area contributed by atoms with E-state index < -0.39 is 11.5 Å². The number of urea groups is 1. The summed E-state index contributed by atoms with van der Waals surface area (Å²) < 4.78 is 19.3. The van der Waals surface area contributed by atoms with Gasteiger partial charge in [-0.2, -0.15) is 0 Å². The van der Waals surface area contributed by atoms with Gasteiger partial charge in [0, 0.05) is 56.4 Å². The summed E-state index contributed by atoms with van der Waals surface area (Å²) >= 11 is 0. The van der Waals surface area contributed by atoms with Crippen molar-refractivity contribution in [3.05, 3.63) is 64.8 Å². The highest BCUT2D eigenvalue weighted by Crippen LogP contribution is 2.41. The van der Waals surface area contributed by atoms with Gasteiger partial charge >= 0.3 is 12.0 Å². The fraction of sp³-hybridized carbons (Fsp3) is 0.469. The van der Waals surface area contributed by atoms with Crippen molar-refractivity contribution >= 4 is 28.8 Å². The van der Waals surface area contributed by atoms with Crippen LogP contribution in [0.2, 0.25) is 0 Å². The molecule has 0 saturated carbocycles. The molecule has 222 valence electrons. The number of nitrogens with zero attached hydrogens (tertiary/aromatic N) is 4. The van der Waals surface area contributed by atoms with Gasteiger partial charge in [0.05, 0.1) is 31.2 Å². The molecule has 0 spiro atoms. The summed E-state index contributed by atoms with van der Waals surface area (Å²) in [5, 5.41) is 0.972. The minimum atomic E-state index is -0.569. The first kappa shape index (κ1) is 28.2. The lowest BCUT2D eigenvalue weighted by molar-refractivity contribution is -0.132. The SMILES string of the molecule is CN1C(=O)[C@@H]2CN(Cc3c2c2cc(OCCN4CCOCC4)ccc2n3Cc2ccc(C(=O)OC(C)(C)C)cc2)C1=O. The second-order valence-corrected chi connectivity index (χ2v) is 12.2. The Balaban J connectivity index is 1.32. The van der Waals surface area contributed by atoms with Gasteiger partial charge in [0.15, 0.2) is 0 Å². The van der Waals surface area contributed by atoms with Crippen LogP contribution in [0.5, 0.6) is 5.75 Å². The van der Waals surface area contributed by atoms with E-state index in [1.807, 2.05) is 51.1 Å². The molecule has 2 aromatic carbocycles. The van der Waals surface area contributed by atoms with Crippen LogP contribution in [0.25, 0.3) is 10.9 Å². The van der Waals surface area contributed by atoms with E-state index in [0.29, 0.717) is 31.8 Å². The molecule has 10 nitrogen and oxygen atoms in total. The quantitative estimate of drug-likeness (QED) is 0.396. The third kappa shape index (κ3) is 5.48. The molecule has 2 bridgehead atoms. The number of carbonyl (C=O) groups is 3. The highest BCUT2D eigenvalue weighted by atomic mass is 16.6. The molecule has 0 unspecified atom stereocenters. The van der Waals surface area contributed by atoms with Crippen molar-refractivity contribution in [1.29, 1.82) is 0 Å². The third-order valence-electron chi connectivity index (χ3n) is 8.17. The summed E-state index contributed by atoms with van der Waals surface area (Å²) in [6.07, 6.45) is 0. The molecule has 1 atom stereocenters. The van der Waals surface area contributed by atoms with Gasteiger partial charge in [0.1, 0.15) is 18.0 Å². The zero-order valence-corrected chi connectivity index (χ0v) is 24.7. The molecule has 1 aromatic heterocycles. The van der Waals surface area contributed by atoms with Crippen LogP contribution < -0.4 is 4.74 Å². The summed E-state index contributed by atoms with van der Waals surface area (Å²) in [6, 6.07) is 13.2. The Morgan fingerprint density at radius 3 is 2.50 bits per heavy atom. The van der Waals surface area contributed by atoms with E-state index in [9.17, 15) is 14.4 Å². The molecule has 0 aliphatic carbocycles.